The lowest BCUT2D eigenvalue weighted by molar-refractivity contribution is -0.131. The quantitative estimate of drug-likeness (QED) is 0.734. The summed E-state index contributed by atoms with van der Waals surface area (Å²) >= 11 is 1.51. The third-order valence-electron chi connectivity index (χ3n) is 6.02. The summed E-state index contributed by atoms with van der Waals surface area (Å²) in [5.41, 5.74) is 0.556. The van der Waals surface area contributed by atoms with Gasteiger partial charge in [-0.2, -0.15) is 0 Å². The number of carbonyl (C=O) groups excluding carboxylic acids is 2. The molecule has 4 heterocycles. The van der Waals surface area contributed by atoms with E-state index in [0.29, 0.717) is 18.0 Å². The van der Waals surface area contributed by atoms with Crippen LogP contribution in [0.2, 0.25) is 0 Å². The molecule has 0 unspecified atom stereocenters. The van der Waals surface area contributed by atoms with Crippen LogP contribution in [0.1, 0.15) is 41.2 Å². The third-order valence-corrected chi connectivity index (χ3v) is 6.79. The number of hydrogen-bond donors (Lipinski definition) is 0. The number of piperazine rings is 1. The Morgan fingerprint density at radius 2 is 1.97 bits per heavy atom. The number of pyridine rings is 1. The van der Waals surface area contributed by atoms with Gasteiger partial charge in [0.1, 0.15) is 11.5 Å². The maximum absolute atomic E-state index is 12.7. The molecule has 2 fully saturated rings. The number of aryl methyl sites for hydroxylation is 1. The van der Waals surface area contributed by atoms with Crippen LogP contribution in [-0.4, -0.2) is 70.9 Å². The molecule has 4 rings (SSSR count). The molecule has 7 nitrogen and oxygen atoms in total. The second kappa shape index (κ2) is 9.55. The Morgan fingerprint density at radius 3 is 2.67 bits per heavy atom. The van der Waals surface area contributed by atoms with Crippen LogP contribution in [-0.2, 0) is 4.79 Å². The van der Waals surface area contributed by atoms with Crippen LogP contribution in [0.15, 0.2) is 29.8 Å². The van der Waals surface area contributed by atoms with Gasteiger partial charge >= 0.3 is 0 Å². The number of nitrogens with zero attached hydrogens (tertiary/aromatic N) is 5. The van der Waals surface area contributed by atoms with Gasteiger partial charge in [-0.05, 0) is 44.2 Å². The molecular formula is C22H29N5O2S. The lowest BCUT2D eigenvalue weighted by atomic mass is 9.93. The van der Waals surface area contributed by atoms with Crippen LogP contribution in [0, 0.1) is 12.8 Å². The van der Waals surface area contributed by atoms with Crippen molar-refractivity contribution in [2.24, 2.45) is 5.92 Å². The molecule has 2 aliphatic rings. The fourth-order valence-corrected chi connectivity index (χ4v) is 4.91. The maximum Gasteiger partial charge on any atom is 0.273 e. The molecule has 160 valence electrons. The van der Waals surface area contributed by atoms with Crippen molar-refractivity contribution in [2.75, 3.05) is 44.2 Å². The Balaban J connectivity index is 1.22. The zero-order chi connectivity index (χ0) is 20.9. The van der Waals surface area contributed by atoms with Crippen molar-refractivity contribution >= 4 is 29.0 Å². The van der Waals surface area contributed by atoms with Gasteiger partial charge in [0.2, 0.25) is 5.91 Å². The number of hydrogen-bond acceptors (Lipinski definition) is 6. The fourth-order valence-electron chi connectivity index (χ4n) is 4.32. The van der Waals surface area contributed by atoms with Gasteiger partial charge in [-0.3, -0.25) is 9.59 Å². The summed E-state index contributed by atoms with van der Waals surface area (Å²) in [7, 11) is 0. The topological polar surface area (TPSA) is 69.6 Å². The molecule has 8 heteroatoms. The number of anilines is 1. The van der Waals surface area contributed by atoms with Crippen molar-refractivity contribution in [3.8, 4) is 0 Å². The van der Waals surface area contributed by atoms with E-state index in [0.717, 1.165) is 69.4 Å². The van der Waals surface area contributed by atoms with E-state index < -0.39 is 0 Å². The number of thiazole rings is 1. The molecule has 2 saturated heterocycles. The first-order valence-corrected chi connectivity index (χ1v) is 11.6. The normalized spacial score (nSPS) is 19.8. The first-order chi connectivity index (χ1) is 14.6. The molecule has 0 aromatic carbocycles. The summed E-state index contributed by atoms with van der Waals surface area (Å²) in [6, 6.07) is 5.93. The van der Waals surface area contributed by atoms with Gasteiger partial charge in [-0.1, -0.05) is 6.07 Å². The van der Waals surface area contributed by atoms with Gasteiger partial charge in [0.25, 0.3) is 5.91 Å². The van der Waals surface area contributed by atoms with E-state index in [1.165, 1.54) is 11.3 Å². The van der Waals surface area contributed by atoms with Crippen molar-refractivity contribution in [1.82, 2.24) is 19.8 Å². The highest BCUT2D eigenvalue weighted by atomic mass is 32.1. The molecule has 2 aromatic rings. The Labute approximate surface area is 181 Å². The SMILES string of the molecule is Cc1nc(C(=O)N2CCC[C@@H](CCC(=O)N3CCN(c4ccccn4)CC3)C2)cs1. The van der Waals surface area contributed by atoms with Crippen LogP contribution < -0.4 is 4.90 Å². The molecule has 0 saturated carbocycles. The summed E-state index contributed by atoms with van der Waals surface area (Å²) in [5, 5.41) is 2.76. The minimum absolute atomic E-state index is 0.0287. The number of aromatic nitrogens is 2. The van der Waals surface area contributed by atoms with E-state index in [1.807, 2.05) is 40.3 Å². The highest BCUT2D eigenvalue weighted by molar-refractivity contribution is 7.09. The predicted octanol–water partition coefficient (Wildman–Crippen LogP) is 2.83. The van der Waals surface area contributed by atoms with Crippen LogP contribution in [0.3, 0.4) is 0 Å². The number of amides is 2. The summed E-state index contributed by atoms with van der Waals surface area (Å²) < 4.78 is 0. The molecule has 1 atom stereocenters. The number of likely N-dealkylation sites (tertiary alicyclic amines) is 1. The zero-order valence-corrected chi connectivity index (χ0v) is 18.3. The summed E-state index contributed by atoms with van der Waals surface area (Å²) in [5.74, 6) is 1.63. The van der Waals surface area contributed by atoms with E-state index in [9.17, 15) is 9.59 Å². The second-order valence-electron chi connectivity index (χ2n) is 8.11. The zero-order valence-electron chi connectivity index (χ0n) is 17.5. The van der Waals surface area contributed by atoms with Gasteiger partial charge < -0.3 is 14.7 Å². The van der Waals surface area contributed by atoms with Crippen molar-refractivity contribution in [1.29, 1.82) is 0 Å². The molecule has 2 aromatic heterocycles. The van der Waals surface area contributed by atoms with E-state index >= 15 is 0 Å². The summed E-state index contributed by atoms with van der Waals surface area (Å²) in [6.45, 7) is 6.57. The van der Waals surface area contributed by atoms with Crippen LogP contribution >= 0.6 is 11.3 Å². The lowest BCUT2D eigenvalue weighted by Gasteiger charge is -2.36. The Kier molecular flexibility index (Phi) is 6.62. The predicted molar refractivity (Wildman–Crippen MR) is 118 cm³/mol. The summed E-state index contributed by atoms with van der Waals surface area (Å²) in [4.78, 5) is 40.3. The molecule has 2 amide bonds. The van der Waals surface area contributed by atoms with Crippen LogP contribution in [0.4, 0.5) is 5.82 Å². The van der Waals surface area contributed by atoms with Gasteiger partial charge in [-0.25, -0.2) is 9.97 Å². The van der Waals surface area contributed by atoms with E-state index in [1.54, 1.807) is 6.20 Å². The van der Waals surface area contributed by atoms with Gasteiger partial charge in [0, 0.05) is 57.3 Å². The molecule has 0 bridgehead atoms. The Hall–Kier alpha value is -2.48. The highest BCUT2D eigenvalue weighted by Crippen LogP contribution is 2.24. The smallest absolute Gasteiger partial charge is 0.273 e. The highest BCUT2D eigenvalue weighted by Gasteiger charge is 2.27. The van der Waals surface area contributed by atoms with E-state index in [-0.39, 0.29) is 11.8 Å². The van der Waals surface area contributed by atoms with Crippen molar-refractivity contribution in [2.45, 2.75) is 32.6 Å². The molecule has 0 aliphatic carbocycles. The standard InChI is InChI=1S/C22H29N5O2S/c1-17-24-19(16-30-17)22(29)27-10-4-5-18(15-27)7-8-21(28)26-13-11-25(12-14-26)20-6-2-3-9-23-20/h2-3,6,9,16,18H,4-5,7-8,10-15H2,1H3/t18-/m0/s1. The molecule has 0 spiro atoms. The monoisotopic (exact) mass is 427 g/mol. The van der Waals surface area contributed by atoms with Gasteiger partial charge in [0.05, 0.1) is 5.01 Å². The fraction of sp³-hybridized carbons (Fsp3) is 0.545. The average molecular weight is 428 g/mol. The van der Waals surface area contributed by atoms with Crippen molar-refractivity contribution < 1.29 is 9.59 Å². The number of carbonyl (C=O) groups is 2. The van der Waals surface area contributed by atoms with Gasteiger partial charge in [0.15, 0.2) is 0 Å². The van der Waals surface area contributed by atoms with Crippen LogP contribution in [0.5, 0.6) is 0 Å². The Bertz CT molecular complexity index is 863. The molecule has 0 N–H and O–H groups in total. The van der Waals surface area contributed by atoms with E-state index in [4.69, 9.17) is 0 Å². The van der Waals surface area contributed by atoms with Crippen molar-refractivity contribution in [3.63, 3.8) is 0 Å². The number of piperidine rings is 1. The average Bonchev–Trinajstić information content (AvgIpc) is 3.24. The summed E-state index contributed by atoms with van der Waals surface area (Å²) in [6.07, 6.45) is 5.29. The third kappa shape index (κ3) is 4.98. The first-order valence-electron chi connectivity index (χ1n) is 10.8. The minimum Gasteiger partial charge on any atom is -0.353 e. The molecule has 0 radical (unpaired) electrons. The lowest BCUT2D eigenvalue weighted by Crippen LogP contribution is -2.49. The Morgan fingerprint density at radius 1 is 1.13 bits per heavy atom. The molecular weight excluding hydrogens is 398 g/mol. The van der Waals surface area contributed by atoms with Crippen molar-refractivity contribution in [3.05, 3.63) is 40.5 Å². The first kappa shape index (κ1) is 20.8. The van der Waals surface area contributed by atoms with Gasteiger partial charge in [-0.15, -0.1) is 11.3 Å². The number of rotatable bonds is 5. The van der Waals surface area contributed by atoms with E-state index in [2.05, 4.69) is 14.9 Å². The minimum atomic E-state index is 0.0287. The molecule has 30 heavy (non-hydrogen) atoms. The van der Waals surface area contributed by atoms with Crippen LogP contribution in [0.25, 0.3) is 0 Å². The second-order valence-corrected chi connectivity index (χ2v) is 9.17. The largest absolute Gasteiger partial charge is 0.353 e. The maximum atomic E-state index is 12.7. The molecule has 2 aliphatic heterocycles.